The van der Waals surface area contributed by atoms with Gasteiger partial charge in [-0.1, -0.05) is 15.9 Å². The maximum absolute atomic E-state index is 4.30. The summed E-state index contributed by atoms with van der Waals surface area (Å²) in [5.74, 6) is 0.869. The Hall–Kier alpha value is -0.310. The summed E-state index contributed by atoms with van der Waals surface area (Å²) >= 11 is 3.69. The monoisotopic (exact) mass is 256 g/mol. The van der Waals surface area contributed by atoms with Crippen LogP contribution in [-0.2, 0) is 13.0 Å². The van der Waals surface area contributed by atoms with Crippen molar-refractivity contribution >= 4 is 15.9 Å². The summed E-state index contributed by atoms with van der Waals surface area (Å²) in [6.07, 6.45) is 9.45. The molecule has 0 N–H and O–H groups in total. The molecule has 1 aliphatic carbocycles. The molecule has 0 amide bonds. The first-order valence-corrected chi connectivity index (χ1v) is 6.35. The predicted octanol–water partition coefficient (Wildman–Crippen LogP) is 3.01. The van der Waals surface area contributed by atoms with Crippen molar-refractivity contribution in [3.8, 4) is 0 Å². The lowest BCUT2D eigenvalue weighted by molar-refractivity contribution is 0.547. The van der Waals surface area contributed by atoms with Crippen molar-refractivity contribution in [3.05, 3.63) is 18.0 Å². The van der Waals surface area contributed by atoms with Crippen LogP contribution in [0.3, 0.4) is 0 Å². The molecule has 1 aromatic rings. The molecule has 1 aliphatic rings. The fraction of sp³-hybridized carbons (Fsp3) is 0.727. The molecule has 0 aliphatic heterocycles. The molecule has 2 nitrogen and oxygen atoms in total. The predicted molar refractivity (Wildman–Crippen MR) is 61.7 cm³/mol. The van der Waals surface area contributed by atoms with Gasteiger partial charge in [-0.05, 0) is 44.1 Å². The average molecular weight is 257 g/mol. The second kappa shape index (κ2) is 4.47. The zero-order valence-electron chi connectivity index (χ0n) is 8.62. The number of nitrogens with zero attached hydrogens (tertiary/aromatic N) is 2. The van der Waals surface area contributed by atoms with Gasteiger partial charge in [0.25, 0.3) is 0 Å². The van der Waals surface area contributed by atoms with E-state index in [1.54, 1.807) is 0 Å². The fourth-order valence-electron chi connectivity index (χ4n) is 2.22. The third-order valence-corrected chi connectivity index (χ3v) is 3.84. The molecule has 0 radical (unpaired) electrons. The van der Waals surface area contributed by atoms with Crippen LogP contribution in [0.4, 0.5) is 0 Å². The number of hydrogen-bond acceptors (Lipinski definition) is 1. The number of hydrogen-bond donors (Lipinski definition) is 0. The second-order valence-corrected chi connectivity index (χ2v) is 5.48. The Bertz CT molecular complexity index is 295. The Kier molecular flexibility index (Phi) is 3.26. The van der Waals surface area contributed by atoms with Gasteiger partial charge in [0.2, 0.25) is 0 Å². The summed E-state index contributed by atoms with van der Waals surface area (Å²) < 4.78 is 2.01. The highest BCUT2D eigenvalue weighted by molar-refractivity contribution is 9.09. The minimum Gasteiger partial charge on any atom is -0.273 e. The first-order chi connectivity index (χ1) is 6.78. The zero-order chi connectivity index (χ0) is 9.97. The molecule has 0 bridgehead atoms. The lowest BCUT2D eigenvalue weighted by Gasteiger charge is -2.06. The maximum atomic E-state index is 4.30. The van der Waals surface area contributed by atoms with Crippen LogP contribution in [-0.4, -0.2) is 14.6 Å². The zero-order valence-corrected chi connectivity index (χ0v) is 10.2. The van der Waals surface area contributed by atoms with E-state index in [2.05, 4.69) is 34.1 Å². The first-order valence-electron chi connectivity index (χ1n) is 5.43. The molecule has 78 valence electrons. The number of rotatable bonds is 3. The van der Waals surface area contributed by atoms with Gasteiger partial charge in [0.05, 0.1) is 6.20 Å². The molecule has 0 aromatic carbocycles. The minimum atomic E-state index is 0.758. The van der Waals surface area contributed by atoms with Gasteiger partial charge in [-0.2, -0.15) is 5.10 Å². The highest BCUT2D eigenvalue weighted by Gasteiger charge is 2.22. The normalized spacial score (nSPS) is 27.0. The minimum absolute atomic E-state index is 0.758. The molecule has 0 spiro atoms. The summed E-state index contributed by atoms with van der Waals surface area (Å²) in [5, 5.41) is 4.30. The molecule has 1 saturated carbocycles. The van der Waals surface area contributed by atoms with E-state index in [0.717, 1.165) is 17.3 Å². The Balaban J connectivity index is 1.90. The maximum Gasteiger partial charge on any atom is 0.0521 e. The molecule has 2 unspecified atom stereocenters. The summed E-state index contributed by atoms with van der Waals surface area (Å²) in [4.78, 5) is 0.758. The molecular formula is C11H17BrN2. The van der Waals surface area contributed by atoms with Crippen molar-refractivity contribution in [2.75, 3.05) is 0 Å². The number of aromatic nitrogens is 2. The molecule has 1 fully saturated rings. The van der Waals surface area contributed by atoms with Crippen molar-refractivity contribution < 1.29 is 0 Å². The third-order valence-electron chi connectivity index (χ3n) is 3.01. The molecule has 2 rings (SSSR count). The Morgan fingerprint density at radius 3 is 3.00 bits per heavy atom. The van der Waals surface area contributed by atoms with Gasteiger partial charge in [0, 0.05) is 17.6 Å². The molecule has 14 heavy (non-hydrogen) atoms. The summed E-state index contributed by atoms with van der Waals surface area (Å²) in [7, 11) is 0. The van der Waals surface area contributed by atoms with Crippen molar-refractivity contribution in [2.24, 2.45) is 5.92 Å². The van der Waals surface area contributed by atoms with E-state index >= 15 is 0 Å². The Morgan fingerprint density at radius 2 is 2.43 bits per heavy atom. The first kappa shape index (κ1) is 10.2. The van der Waals surface area contributed by atoms with Crippen LogP contribution >= 0.6 is 15.9 Å². The van der Waals surface area contributed by atoms with E-state index in [1.165, 1.54) is 31.2 Å². The van der Waals surface area contributed by atoms with E-state index < -0.39 is 0 Å². The fourth-order valence-corrected chi connectivity index (χ4v) is 3.01. The molecule has 1 heterocycles. The molecule has 0 saturated heterocycles. The molecule has 3 heteroatoms. The van der Waals surface area contributed by atoms with Gasteiger partial charge in [0.1, 0.15) is 0 Å². The number of halogens is 1. The molecule has 1 aromatic heterocycles. The van der Waals surface area contributed by atoms with Gasteiger partial charge in [-0.25, -0.2) is 0 Å². The van der Waals surface area contributed by atoms with Crippen molar-refractivity contribution in [1.82, 2.24) is 9.78 Å². The van der Waals surface area contributed by atoms with Gasteiger partial charge in [-0.3, -0.25) is 4.68 Å². The van der Waals surface area contributed by atoms with Crippen LogP contribution in [0, 0.1) is 5.92 Å². The lowest BCUT2D eigenvalue weighted by Crippen LogP contribution is -1.99. The van der Waals surface area contributed by atoms with E-state index in [-0.39, 0.29) is 0 Å². The standard InChI is InChI=1S/C11H17BrN2/c1-2-14-8-10(7-13-14)5-9-3-4-11(12)6-9/h7-9,11H,2-6H2,1H3. The Morgan fingerprint density at radius 1 is 1.57 bits per heavy atom. The Labute approximate surface area is 93.8 Å². The topological polar surface area (TPSA) is 17.8 Å². The van der Waals surface area contributed by atoms with Gasteiger partial charge >= 0.3 is 0 Å². The number of aryl methyl sites for hydroxylation is 1. The lowest BCUT2D eigenvalue weighted by atomic mass is 10.0. The van der Waals surface area contributed by atoms with E-state index in [1.807, 2.05) is 10.9 Å². The van der Waals surface area contributed by atoms with Crippen LogP contribution < -0.4 is 0 Å². The molecular weight excluding hydrogens is 240 g/mol. The summed E-state index contributed by atoms with van der Waals surface area (Å²) in [5.41, 5.74) is 1.40. The third kappa shape index (κ3) is 2.38. The molecule has 2 atom stereocenters. The largest absolute Gasteiger partial charge is 0.273 e. The van der Waals surface area contributed by atoms with Gasteiger partial charge in [-0.15, -0.1) is 0 Å². The van der Waals surface area contributed by atoms with Crippen LogP contribution in [0.25, 0.3) is 0 Å². The summed E-state index contributed by atoms with van der Waals surface area (Å²) in [6, 6.07) is 0. The van der Waals surface area contributed by atoms with Crippen LogP contribution in [0.2, 0.25) is 0 Å². The van der Waals surface area contributed by atoms with Gasteiger partial charge in [0.15, 0.2) is 0 Å². The van der Waals surface area contributed by atoms with Crippen molar-refractivity contribution in [3.63, 3.8) is 0 Å². The highest BCUT2D eigenvalue weighted by atomic mass is 79.9. The van der Waals surface area contributed by atoms with E-state index in [4.69, 9.17) is 0 Å². The van der Waals surface area contributed by atoms with E-state index in [9.17, 15) is 0 Å². The summed E-state index contributed by atoms with van der Waals surface area (Å²) in [6.45, 7) is 3.10. The quantitative estimate of drug-likeness (QED) is 0.761. The van der Waals surface area contributed by atoms with Crippen LogP contribution in [0.1, 0.15) is 31.7 Å². The average Bonchev–Trinajstić information content (AvgIpc) is 2.76. The smallest absolute Gasteiger partial charge is 0.0521 e. The van der Waals surface area contributed by atoms with Crippen molar-refractivity contribution in [1.29, 1.82) is 0 Å². The van der Waals surface area contributed by atoms with Crippen LogP contribution in [0.15, 0.2) is 12.4 Å². The number of alkyl halides is 1. The second-order valence-electron chi connectivity index (χ2n) is 4.18. The van der Waals surface area contributed by atoms with Gasteiger partial charge < -0.3 is 0 Å². The highest BCUT2D eigenvalue weighted by Crippen LogP contribution is 2.32. The SMILES string of the molecule is CCn1cc(CC2CCC(Br)C2)cn1. The van der Waals surface area contributed by atoms with E-state index in [0.29, 0.717) is 0 Å². The van der Waals surface area contributed by atoms with Crippen LogP contribution in [0.5, 0.6) is 0 Å². The van der Waals surface area contributed by atoms with Crippen molar-refractivity contribution in [2.45, 2.75) is 44.0 Å².